The van der Waals surface area contributed by atoms with E-state index in [9.17, 15) is 28.6 Å². The number of phenolic OH excluding ortho intramolecular Hbond substituents is 1. The van der Waals surface area contributed by atoms with Crippen LogP contribution in [0.15, 0.2) is 24.3 Å². The van der Waals surface area contributed by atoms with E-state index in [1.54, 1.807) is 24.7 Å². The van der Waals surface area contributed by atoms with E-state index in [0.29, 0.717) is 36.1 Å². The molecule has 34 heavy (non-hydrogen) atoms. The lowest BCUT2D eigenvalue weighted by Crippen LogP contribution is -2.30. The van der Waals surface area contributed by atoms with Gasteiger partial charge in [-0.2, -0.15) is 0 Å². The molecule has 0 aliphatic heterocycles. The minimum atomic E-state index is -0.975. The van der Waals surface area contributed by atoms with E-state index in [4.69, 9.17) is 4.74 Å². The number of likely N-dealkylation sites (N-methyl/N-ethyl adjacent to an activating group) is 1. The first-order valence-electron chi connectivity index (χ1n) is 10.7. The standard InChI is InChI=1S/C24H27F2N3O5/c1-14-27-20-13-18(24(33)28(2)8-10-30)16(23(32)22(20)29(14)9-11-34-3)6-7-21(31)17-5-4-15(25)12-19(17)26/h4-5,12-13,30,32H,6-11H2,1-3H3. The number of amides is 1. The summed E-state index contributed by atoms with van der Waals surface area (Å²) >= 11 is 0. The molecule has 0 fully saturated rings. The van der Waals surface area contributed by atoms with E-state index < -0.39 is 23.3 Å². The number of carbonyl (C=O) groups is 2. The zero-order chi connectivity index (χ0) is 25.0. The normalized spacial score (nSPS) is 11.2. The third kappa shape index (κ3) is 5.07. The number of imidazole rings is 1. The monoisotopic (exact) mass is 475 g/mol. The number of aliphatic hydroxyl groups is 1. The van der Waals surface area contributed by atoms with E-state index >= 15 is 0 Å². The second kappa shape index (κ2) is 10.7. The zero-order valence-electron chi connectivity index (χ0n) is 19.3. The summed E-state index contributed by atoms with van der Waals surface area (Å²) in [5.41, 5.74) is 0.854. The summed E-state index contributed by atoms with van der Waals surface area (Å²) in [4.78, 5) is 31.5. The average Bonchev–Trinajstić information content (AvgIpc) is 3.11. The minimum Gasteiger partial charge on any atom is -0.505 e. The Hall–Kier alpha value is -3.37. The summed E-state index contributed by atoms with van der Waals surface area (Å²) in [5, 5.41) is 20.4. The molecule has 0 spiro atoms. The second-order valence-electron chi connectivity index (χ2n) is 7.92. The summed E-state index contributed by atoms with van der Waals surface area (Å²) in [6.45, 7) is 2.35. The van der Waals surface area contributed by atoms with Gasteiger partial charge in [0, 0.05) is 50.9 Å². The largest absolute Gasteiger partial charge is 0.505 e. The lowest BCUT2D eigenvalue weighted by atomic mass is 9.96. The van der Waals surface area contributed by atoms with Gasteiger partial charge in [0.25, 0.3) is 5.91 Å². The van der Waals surface area contributed by atoms with Crippen LogP contribution in [0, 0.1) is 18.6 Å². The maximum absolute atomic E-state index is 14.1. The fourth-order valence-corrected chi connectivity index (χ4v) is 3.88. The predicted molar refractivity (Wildman–Crippen MR) is 121 cm³/mol. The number of nitrogens with zero attached hydrogens (tertiary/aromatic N) is 3. The maximum Gasteiger partial charge on any atom is 0.254 e. The van der Waals surface area contributed by atoms with Gasteiger partial charge in [-0.05, 0) is 31.5 Å². The molecular weight excluding hydrogens is 448 g/mol. The van der Waals surface area contributed by atoms with Crippen LogP contribution in [0.5, 0.6) is 5.75 Å². The molecule has 2 aromatic carbocycles. The first-order chi connectivity index (χ1) is 16.2. The molecule has 3 aromatic rings. The number of Topliss-reactive ketones (excluding diaryl/α,β-unsaturated/α-hetero) is 1. The van der Waals surface area contributed by atoms with Crippen molar-refractivity contribution in [1.82, 2.24) is 14.5 Å². The number of fused-ring (bicyclic) bond motifs is 1. The number of rotatable bonds is 10. The van der Waals surface area contributed by atoms with Crippen LogP contribution in [-0.2, 0) is 17.7 Å². The number of phenols is 1. The molecule has 10 heteroatoms. The van der Waals surface area contributed by atoms with Gasteiger partial charge in [-0.15, -0.1) is 0 Å². The highest BCUT2D eigenvalue weighted by Crippen LogP contribution is 2.34. The van der Waals surface area contributed by atoms with Gasteiger partial charge < -0.3 is 24.4 Å². The van der Waals surface area contributed by atoms with Crippen LogP contribution in [0.2, 0.25) is 0 Å². The third-order valence-electron chi connectivity index (χ3n) is 5.67. The van der Waals surface area contributed by atoms with Crippen LogP contribution in [0.25, 0.3) is 11.0 Å². The smallest absolute Gasteiger partial charge is 0.254 e. The number of carbonyl (C=O) groups excluding carboxylic acids is 2. The van der Waals surface area contributed by atoms with Crippen molar-refractivity contribution in [3.63, 3.8) is 0 Å². The number of benzene rings is 2. The summed E-state index contributed by atoms with van der Waals surface area (Å²) in [6, 6.07) is 4.24. The lowest BCUT2D eigenvalue weighted by Gasteiger charge is -2.19. The highest BCUT2D eigenvalue weighted by Gasteiger charge is 2.25. The summed E-state index contributed by atoms with van der Waals surface area (Å²) in [6.07, 6.45) is -0.295. The number of hydrogen-bond donors (Lipinski definition) is 2. The Morgan fingerprint density at radius 1 is 1.21 bits per heavy atom. The molecule has 1 aromatic heterocycles. The summed E-state index contributed by atoms with van der Waals surface area (Å²) in [7, 11) is 3.05. The van der Waals surface area contributed by atoms with Crippen molar-refractivity contribution in [3.8, 4) is 5.75 Å². The Kier molecular flexibility index (Phi) is 7.95. The van der Waals surface area contributed by atoms with Crippen LogP contribution in [-0.4, -0.2) is 70.3 Å². The van der Waals surface area contributed by atoms with Crippen LogP contribution in [0.3, 0.4) is 0 Å². The SMILES string of the molecule is COCCn1c(C)nc2cc(C(=O)N(C)CCO)c(CCC(=O)c3ccc(F)cc3F)c(O)c21. The van der Waals surface area contributed by atoms with Crippen molar-refractivity contribution in [1.29, 1.82) is 0 Å². The summed E-state index contributed by atoms with van der Waals surface area (Å²) < 4.78 is 34.2. The zero-order valence-corrected chi connectivity index (χ0v) is 19.3. The lowest BCUT2D eigenvalue weighted by molar-refractivity contribution is 0.0764. The number of hydrogen-bond acceptors (Lipinski definition) is 6. The number of aryl methyl sites for hydroxylation is 1. The van der Waals surface area contributed by atoms with E-state index in [2.05, 4.69) is 4.98 Å². The number of aromatic hydroxyl groups is 1. The van der Waals surface area contributed by atoms with Gasteiger partial charge in [0.15, 0.2) is 5.78 Å². The third-order valence-corrected chi connectivity index (χ3v) is 5.67. The van der Waals surface area contributed by atoms with Crippen molar-refractivity contribution in [2.45, 2.75) is 26.3 Å². The predicted octanol–water partition coefficient (Wildman–Crippen LogP) is 2.85. The Labute approximate surface area is 195 Å². The quantitative estimate of drug-likeness (QED) is 0.437. The van der Waals surface area contributed by atoms with E-state index in [1.807, 2.05) is 0 Å². The molecule has 1 heterocycles. The maximum atomic E-state index is 14.1. The Bertz CT molecular complexity index is 1230. The number of ether oxygens (including phenoxy) is 1. The molecule has 182 valence electrons. The fraction of sp³-hybridized carbons (Fsp3) is 0.375. The van der Waals surface area contributed by atoms with Gasteiger partial charge >= 0.3 is 0 Å². The van der Waals surface area contributed by atoms with Crippen molar-refractivity contribution in [2.75, 3.05) is 33.9 Å². The van der Waals surface area contributed by atoms with Crippen LogP contribution in [0.1, 0.15) is 38.5 Å². The Morgan fingerprint density at radius 2 is 1.94 bits per heavy atom. The van der Waals surface area contributed by atoms with Crippen molar-refractivity contribution in [2.24, 2.45) is 0 Å². The average molecular weight is 475 g/mol. The molecule has 3 rings (SSSR count). The molecule has 0 atom stereocenters. The molecule has 0 unspecified atom stereocenters. The molecule has 0 aliphatic rings. The Morgan fingerprint density at radius 3 is 2.59 bits per heavy atom. The number of aliphatic hydroxyl groups excluding tert-OH is 1. The van der Waals surface area contributed by atoms with Gasteiger partial charge in [0.05, 0.1) is 24.3 Å². The van der Waals surface area contributed by atoms with Gasteiger partial charge in [0.2, 0.25) is 0 Å². The van der Waals surface area contributed by atoms with Gasteiger partial charge in [0.1, 0.15) is 28.7 Å². The number of methoxy groups -OCH3 is 1. The highest BCUT2D eigenvalue weighted by molar-refractivity contribution is 6.02. The highest BCUT2D eigenvalue weighted by atomic mass is 19.1. The number of ketones is 1. The fourth-order valence-electron chi connectivity index (χ4n) is 3.88. The molecule has 1 amide bonds. The summed E-state index contributed by atoms with van der Waals surface area (Å²) in [5.74, 6) is -2.43. The minimum absolute atomic E-state index is 0.0676. The number of aromatic nitrogens is 2. The van der Waals surface area contributed by atoms with Crippen molar-refractivity contribution in [3.05, 3.63) is 58.4 Å². The van der Waals surface area contributed by atoms with Crippen molar-refractivity contribution < 1.29 is 33.3 Å². The first-order valence-corrected chi connectivity index (χ1v) is 10.7. The molecule has 2 N–H and O–H groups in total. The number of halogens is 2. The molecular formula is C24H27F2N3O5. The second-order valence-corrected chi connectivity index (χ2v) is 7.92. The van der Waals surface area contributed by atoms with Gasteiger partial charge in [-0.25, -0.2) is 13.8 Å². The topological polar surface area (TPSA) is 105 Å². The van der Waals surface area contributed by atoms with Crippen LogP contribution < -0.4 is 0 Å². The van der Waals surface area contributed by atoms with Gasteiger partial charge in [-0.3, -0.25) is 9.59 Å². The van der Waals surface area contributed by atoms with Crippen LogP contribution in [0.4, 0.5) is 8.78 Å². The molecule has 0 radical (unpaired) electrons. The molecule has 0 saturated heterocycles. The van der Waals surface area contributed by atoms with Gasteiger partial charge in [-0.1, -0.05) is 0 Å². The molecule has 8 nitrogen and oxygen atoms in total. The van der Waals surface area contributed by atoms with E-state index in [1.165, 1.54) is 11.9 Å². The van der Waals surface area contributed by atoms with E-state index in [-0.39, 0.29) is 48.4 Å². The van der Waals surface area contributed by atoms with E-state index in [0.717, 1.165) is 12.1 Å². The molecule has 0 saturated carbocycles. The Balaban J connectivity index is 2.06. The molecule has 0 bridgehead atoms. The molecule has 0 aliphatic carbocycles. The van der Waals surface area contributed by atoms with Crippen molar-refractivity contribution >= 4 is 22.7 Å². The first kappa shape index (κ1) is 25.3. The van der Waals surface area contributed by atoms with Crippen LogP contribution >= 0.6 is 0 Å².